The van der Waals surface area contributed by atoms with Crippen molar-refractivity contribution in [3.63, 3.8) is 0 Å². The summed E-state index contributed by atoms with van der Waals surface area (Å²) in [5.74, 6) is 0.132. The molecule has 20 heavy (non-hydrogen) atoms. The Morgan fingerprint density at radius 1 is 1.20 bits per heavy atom. The molecule has 0 spiro atoms. The fraction of sp³-hybridized carbons (Fsp3) is 0.125. The van der Waals surface area contributed by atoms with Gasteiger partial charge in [-0.3, -0.25) is 9.78 Å². The molecule has 0 bridgehead atoms. The fourth-order valence-electron chi connectivity index (χ4n) is 1.76. The van der Waals surface area contributed by atoms with E-state index in [2.05, 4.69) is 4.98 Å². The van der Waals surface area contributed by atoms with E-state index in [-0.39, 0.29) is 17.1 Å². The fourth-order valence-corrected chi connectivity index (χ4v) is 1.76. The van der Waals surface area contributed by atoms with Crippen molar-refractivity contribution in [2.45, 2.75) is 6.92 Å². The summed E-state index contributed by atoms with van der Waals surface area (Å²) in [5, 5.41) is 9.74. The number of carbonyl (C=O) groups is 1. The second kappa shape index (κ2) is 6.02. The molecule has 0 atom stereocenters. The topological polar surface area (TPSA) is 59.4 Å². The minimum Gasteiger partial charge on any atom is -0.504 e. The number of aldehydes is 1. The van der Waals surface area contributed by atoms with E-state index in [0.717, 1.165) is 16.8 Å². The van der Waals surface area contributed by atoms with Gasteiger partial charge in [0.1, 0.15) is 0 Å². The second-order valence-corrected chi connectivity index (χ2v) is 4.35. The molecular formula is C16H15NO3. The van der Waals surface area contributed by atoms with Crippen LogP contribution in [-0.2, 0) is 0 Å². The number of aromatic nitrogens is 1. The zero-order valence-electron chi connectivity index (χ0n) is 11.3. The molecule has 0 amide bonds. The van der Waals surface area contributed by atoms with Gasteiger partial charge in [0.2, 0.25) is 0 Å². The maximum Gasteiger partial charge on any atom is 0.168 e. The average molecular weight is 269 g/mol. The molecular weight excluding hydrogens is 254 g/mol. The van der Waals surface area contributed by atoms with Gasteiger partial charge in [-0.15, -0.1) is 0 Å². The Labute approximate surface area is 117 Å². The maximum absolute atomic E-state index is 10.9. The van der Waals surface area contributed by atoms with Crippen LogP contribution in [0.4, 0.5) is 0 Å². The molecule has 2 rings (SSSR count). The molecule has 1 aromatic carbocycles. The summed E-state index contributed by atoms with van der Waals surface area (Å²) in [6, 6.07) is 7.15. The Hall–Kier alpha value is -2.62. The first-order chi connectivity index (χ1) is 9.63. The summed E-state index contributed by atoms with van der Waals surface area (Å²) < 4.78 is 5.04. The number of aromatic hydroxyl groups is 1. The van der Waals surface area contributed by atoms with Crippen molar-refractivity contribution in [2.24, 2.45) is 0 Å². The number of nitrogens with zero attached hydrogens (tertiary/aromatic N) is 1. The van der Waals surface area contributed by atoms with E-state index >= 15 is 0 Å². The van der Waals surface area contributed by atoms with Crippen LogP contribution in [0.15, 0.2) is 30.5 Å². The average Bonchev–Trinajstić information content (AvgIpc) is 2.47. The van der Waals surface area contributed by atoms with Gasteiger partial charge in [-0.05, 0) is 36.2 Å². The normalized spacial score (nSPS) is 10.7. The number of carbonyl (C=O) groups excluding carboxylic acids is 1. The van der Waals surface area contributed by atoms with Gasteiger partial charge in [-0.2, -0.15) is 0 Å². The molecule has 0 saturated heterocycles. The van der Waals surface area contributed by atoms with Gasteiger partial charge in [0.05, 0.1) is 12.7 Å². The van der Waals surface area contributed by atoms with E-state index in [4.69, 9.17) is 4.74 Å². The molecule has 102 valence electrons. The van der Waals surface area contributed by atoms with E-state index in [0.29, 0.717) is 6.29 Å². The smallest absolute Gasteiger partial charge is 0.168 e. The molecule has 0 aliphatic heterocycles. The molecule has 0 aliphatic carbocycles. The molecule has 0 saturated carbocycles. The van der Waals surface area contributed by atoms with Crippen LogP contribution in [0, 0.1) is 6.92 Å². The third kappa shape index (κ3) is 3.03. The Morgan fingerprint density at radius 2 is 1.95 bits per heavy atom. The molecule has 4 nitrogen and oxygen atoms in total. The highest BCUT2D eigenvalue weighted by Gasteiger charge is 2.08. The van der Waals surface area contributed by atoms with Gasteiger partial charge >= 0.3 is 0 Å². The lowest BCUT2D eigenvalue weighted by atomic mass is 10.1. The highest BCUT2D eigenvalue weighted by atomic mass is 16.5. The van der Waals surface area contributed by atoms with Gasteiger partial charge < -0.3 is 9.84 Å². The number of hydrogen-bond donors (Lipinski definition) is 1. The molecule has 0 radical (unpaired) electrons. The van der Waals surface area contributed by atoms with Crippen LogP contribution in [0.3, 0.4) is 0 Å². The van der Waals surface area contributed by atoms with Crippen LogP contribution in [0.1, 0.15) is 27.2 Å². The number of ether oxygens (including phenoxy) is 1. The monoisotopic (exact) mass is 269 g/mol. The highest BCUT2D eigenvalue weighted by Crippen LogP contribution is 2.31. The predicted octanol–water partition coefficient (Wildman–Crippen LogP) is 3.09. The molecule has 0 aliphatic rings. The quantitative estimate of drug-likeness (QED) is 0.866. The zero-order valence-corrected chi connectivity index (χ0v) is 11.3. The van der Waals surface area contributed by atoms with Crippen LogP contribution < -0.4 is 4.74 Å². The Bertz CT molecular complexity index is 646. The standard InChI is InChI=1S/C16H15NO3/c1-11-3-4-12(9-17-11)5-6-13-7-14(10-18)16(19)15(8-13)20-2/h3-10,19H,1-2H3. The maximum atomic E-state index is 10.9. The summed E-state index contributed by atoms with van der Waals surface area (Å²) in [7, 11) is 1.45. The van der Waals surface area contributed by atoms with Gasteiger partial charge in [-0.25, -0.2) is 0 Å². The summed E-state index contributed by atoms with van der Waals surface area (Å²) in [6.07, 6.45) is 6.08. The van der Waals surface area contributed by atoms with Crippen molar-refractivity contribution in [3.8, 4) is 11.5 Å². The summed E-state index contributed by atoms with van der Waals surface area (Å²) >= 11 is 0. The summed E-state index contributed by atoms with van der Waals surface area (Å²) in [5.41, 5.74) is 2.88. The largest absolute Gasteiger partial charge is 0.504 e. The number of methoxy groups -OCH3 is 1. The van der Waals surface area contributed by atoms with E-state index in [1.807, 2.05) is 31.2 Å². The number of phenolic OH excluding ortho intramolecular Hbond substituents is 1. The molecule has 1 heterocycles. The van der Waals surface area contributed by atoms with Gasteiger partial charge in [0.15, 0.2) is 17.8 Å². The second-order valence-electron chi connectivity index (χ2n) is 4.35. The number of benzene rings is 1. The molecule has 4 heteroatoms. The van der Waals surface area contributed by atoms with Crippen molar-refractivity contribution in [3.05, 3.63) is 52.8 Å². The Morgan fingerprint density at radius 3 is 2.55 bits per heavy atom. The van der Waals surface area contributed by atoms with Crippen molar-refractivity contribution in [1.82, 2.24) is 4.98 Å². The lowest BCUT2D eigenvalue weighted by Gasteiger charge is -2.06. The molecule has 0 unspecified atom stereocenters. The third-order valence-corrected chi connectivity index (χ3v) is 2.88. The highest BCUT2D eigenvalue weighted by molar-refractivity contribution is 5.84. The number of pyridine rings is 1. The molecule has 0 fully saturated rings. The van der Waals surface area contributed by atoms with Gasteiger partial charge in [-0.1, -0.05) is 18.2 Å². The predicted molar refractivity (Wildman–Crippen MR) is 77.9 cm³/mol. The van der Waals surface area contributed by atoms with Crippen molar-refractivity contribution < 1.29 is 14.6 Å². The summed E-state index contributed by atoms with van der Waals surface area (Å²) in [6.45, 7) is 1.93. The Kier molecular flexibility index (Phi) is 4.15. The summed E-state index contributed by atoms with van der Waals surface area (Å²) in [4.78, 5) is 15.1. The van der Waals surface area contributed by atoms with E-state index in [1.165, 1.54) is 7.11 Å². The van der Waals surface area contributed by atoms with Crippen LogP contribution in [0.25, 0.3) is 12.2 Å². The number of phenols is 1. The molecule has 1 aromatic heterocycles. The van der Waals surface area contributed by atoms with Crippen LogP contribution in [-0.4, -0.2) is 23.5 Å². The van der Waals surface area contributed by atoms with Crippen molar-refractivity contribution in [1.29, 1.82) is 0 Å². The number of rotatable bonds is 4. The van der Waals surface area contributed by atoms with Gasteiger partial charge in [0.25, 0.3) is 0 Å². The first-order valence-corrected chi connectivity index (χ1v) is 6.11. The zero-order chi connectivity index (χ0) is 14.5. The van der Waals surface area contributed by atoms with Crippen molar-refractivity contribution >= 4 is 18.4 Å². The SMILES string of the molecule is COc1cc(C=Cc2ccc(C)nc2)cc(C=O)c1O. The number of hydrogen-bond acceptors (Lipinski definition) is 4. The van der Waals surface area contributed by atoms with Crippen LogP contribution >= 0.6 is 0 Å². The van der Waals surface area contributed by atoms with E-state index < -0.39 is 0 Å². The minimum atomic E-state index is -0.142. The molecule has 1 N–H and O–H groups in total. The first kappa shape index (κ1) is 13.8. The molecule has 2 aromatic rings. The van der Waals surface area contributed by atoms with E-state index in [9.17, 15) is 9.90 Å². The van der Waals surface area contributed by atoms with Gasteiger partial charge in [0, 0.05) is 11.9 Å². The lowest BCUT2D eigenvalue weighted by Crippen LogP contribution is -1.90. The van der Waals surface area contributed by atoms with E-state index in [1.54, 1.807) is 18.3 Å². The van der Waals surface area contributed by atoms with Crippen LogP contribution in [0.5, 0.6) is 11.5 Å². The first-order valence-electron chi connectivity index (χ1n) is 6.11. The minimum absolute atomic E-state index is 0.142. The lowest BCUT2D eigenvalue weighted by molar-refractivity contribution is 0.112. The van der Waals surface area contributed by atoms with Crippen molar-refractivity contribution in [2.75, 3.05) is 7.11 Å². The number of aryl methyl sites for hydroxylation is 1. The third-order valence-electron chi connectivity index (χ3n) is 2.88. The van der Waals surface area contributed by atoms with Crippen LogP contribution in [0.2, 0.25) is 0 Å². The Balaban J connectivity index is 2.33.